The summed E-state index contributed by atoms with van der Waals surface area (Å²) >= 11 is 0. The van der Waals surface area contributed by atoms with Gasteiger partial charge >= 0.3 is 0 Å². The number of nitrogens with one attached hydrogen (secondary N) is 1. The van der Waals surface area contributed by atoms with Crippen molar-refractivity contribution >= 4 is 28.4 Å². The lowest BCUT2D eigenvalue weighted by Crippen LogP contribution is -2.20. The number of hydrogen-bond acceptors (Lipinski definition) is 4. The van der Waals surface area contributed by atoms with Gasteiger partial charge in [0.1, 0.15) is 0 Å². The second-order valence-corrected chi connectivity index (χ2v) is 12.0. The number of aryl methyl sites for hydroxylation is 1. The van der Waals surface area contributed by atoms with Crippen LogP contribution in [0.5, 0.6) is 23.0 Å². The molecule has 0 atom stereocenters. The van der Waals surface area contributed by atoms with Crippen LogP contribution in [0.15, 0.2) is 78.9 Å². The summed E-state index contributed by atoms with van der Waals surface area (Å²) in [6, 6.07) is 27.7. The normalized spacial score (nSPS) is 12.7. The third-order valence-electron chi connectivity index (χ3n) is 8.82. The van der Waals surface area contributed by atoms with Crippen molar-refractivity contribution in [2.45, 2.75) is 97.3 Å². The van der Waals surface area contributed by atoms with Gasteiger partial charge in [0.05, 0.1) is 28.4 Å². The molecule has 224 valence electrons. The zero-order chi connectivity index (χ0) is 29.4. The predicted octanol–water partition coefficient (Wildman–Crippen LogP) is 12.5. The number of fused-ring (bicyclic) bond motifs is 4. The second-order valence-electron chi connectivity index (χ2n) is 12.0. The highest BCUT2D eigenvalue weighted by molar-refractivity contribution is 5.92. The maximum absolute atomic E-state index is 6.57. The van der Waals surface area contributed by atoms with Gasteiger partial charge in [0.15, 0.2) is 23.0 Å². The van der Waals surface area contributed by atoms with E-state index in [0.29, 0.717) is 0 Å². The fourth-order valence-corrected chi connectivity index (χ4v) is 6.54. The van der Waals surface area contributed by atoms with Crippen LogP contribution in [-0.4, -0.2) is 0 Å². The number of hydrogen-bond donors (Lipinski definition) is 1. The summed E-state index contributed by atoms with van der Waals surface area (Å²) in [7, 11) is 0. The Bertz CT molecular complexity index is 1530. The molecule has 0 amide bonds. The fraction of sp³-hybridized carbons (Fsp3) is 0.385. The Balaban J connectivity index is 1.42. The maximum atomic E-state index is 6.57. The van der Waals surface area contributed by atoms with Gasteiger partial charge in [-0.05, 0) is 73.7 Å². The quantitative estimate of drug-likeness (QED) is 0.131. The summed E-state index contributed by atoms with van der Waals surface area (Å²) in [5.41, 5.74) is 8.24. The first-order chi connectivity index (χ1) is 21.3. The van der Waals surface area contributed by atoms with Gasteiger partial charge in [-0.25, -0.2) is 0 Å². The smallest absolute Gasteiger partial charge is 0.151 e. The van der Waals surface area contributed by atoms with Gasteiger partial charge in [0.25, 0.3) is 0 Å². The number of rotatable bonds is 14. The molecule has 4 heteroatoms. The molecule has 2 aliphatic heterocycles. The summed E-state index contributed by atoms with van der Waals surface area (Å²) in [5, 5.41) is 3.78. The lowest BCUT2D eigenvalue weighted by Gasteiger charge is -2.37. The summed E-state index contributed by atoms with van der Waals surface area (Å²) < 4.78 is 13.0. The minimum Gasteiger partial charge on any atom is -0.453 e. The molecule has 43 heavy (non-hydrogen) atoms. The van der Waals surface area contributed by atoms with E-state index in [0.717, 1.165) is 59.3 Å². The molecule has 2 heterocycles. The van der Waals surface area contributed by atoms with E-state index in [1.807, 2.05) is 12.1 Å². The summed E-state index contributed by atoms with van der Waals surface area (Å²) in [6.07, 6.45) is 15.9. The molecule has 2 aliphatic rings. The van der Waals surface area contributed by atoms with Crippen molar-refractivity contribution in [1.29, 1.82) is 0 Å². The van der Waals surface area contributed by atoms with Crippen LogP contribution in [0.4, 0.5) is 28.4 Å². The van der Waals surface area contributed by atoms with Crippen LogP contribution in [-0.2, 0) is 12.8 Å². The number of anilines is 5. The minimum absolute atomic E-state index is 0.876. The number of benzene rings is 4. The Morgan fingerprint density at radius 1 is 0.535 bits per heavy atom. The topological polar surface area (TPSA) is 33.7 Å². The van der Waals surface area contributed by atoms with Gasteiger partial charge in [-0.3, -0.25) is 0 Å². The van der Waals surface area contributed by atoms with Crippen molar-refractivity contribution < 1.29 is 9.47 Å². The van der Waals surface area contributed by atoms with Gasteiger partial charge in [-0.1, -0.05) is 108 Å². The van der Waals surface area contributed by atoms with Crippen LogP contribution in [0.3, 0.4) is 0 Å². The number of para-hydroxylation sites is 5. The van der Waals surface area contributed by atoms with E-state index in [1.165, 1.54) is 86.7 Å². The molecule has 0 aromatic heterocycles. The van der Waals surface area contributed by atoms with Crippen LogP contribution in [0, 0.1) is 0 Å². The van der Waals surface area contributed by atoms with Crippen molar-refractivity contribution in [2.24, 2.45) is 0 Å². The molecule has 0 unspecified atom stereocenters. The largest absolute Gasteiger partial charge is 0.453 e. The van der Waals surface area contributed by atoms with E-state index < -0.39 is 0 Å². The monoisotopic (exact) mass is 574 g/mol. The second kappa shape index (κ2) is 14.0. The van der Waals surface area contributed by atoms with E-state index in [4.69, 9.17) is 9.47 Å². The highest BCUT2D eigenvalue weighted by Crippen LogP contribution is 2.55. The van der Waals surface area contributed by atoms with E-state index in [9.17, 15) is 0 Å². The Labute approximate surface area is 258 Å². The first-order valence-electron chi connectivity index (χ1n) is 16.7. The third-order valence-corrected chi connectivity index (χ3v) is 8.82. The predicted molar refractivity (Wildman–Crippen MR) is 181 cm³/mol. The maximum Gasteiger partial charge on any atom is 0.151 e. The van der Waals surface area contributed by atoms with Crippen molar-refractivity contribution in [1.82, 2.24) is 0 Å². The van der Waals surface area contributed by atoms with E-state index in [2.05, 4.69) is 90.8 Å². The Kier molecular flexibility index (Phi) is 9.52. The Morgan fingerprint density at radius 2 is 1.19 bits per heavy atom. The van der Waals surface area contributed by atoms with Crippen LogP contribution in [0.1, 0.15) is 95.6 Å². The van der Waals surface area contributed by atoms with Crippen LogP contribution < -0.4 is 19.7 Å². The van der Waals surface area contributed by atoms with Crippen LogP contribution >= 0.6 is 0 Å². The standard InChI is InChI=1S/C39H46N2O2/c1-3-5-7-9-11-13-21-30-32(27-28-36-38(30)40-31-22-14-16-24-34(31)42-36)41-33-23-15-17-25-35(33)43-37-26-18-20-29(39(37)41)19-12-10-8-6-4-2/h14-18,20,22-28,40H,3-13,19,21H2,1-2H3. The fourth-order valence-electron chi connectivity index (χ4n) is 6.54. The molecule has 0 spiro atoms. The average molecular weight is 575 g/mol. The number of unbranched alkanes of at least 4 members (excludes halogenated alkanes) is 9. The van der Waals surface area contributed by atoms with E-state index in [1.54, 1.807) is 0 Å². The molecule has 4 nitrogen and oxygen atoms in total. The summed E-state index contributed by atoms with van der Waals surface area (Å²) in [6.45, 7) is 4.56. The van der Waals surface area contributed by atoms with Crippen molar-refractivity contribution in [2.75, 3.05) is 10.2 Å². The molecule has 0 radical (unpaired) electrons. The van der Waals surface area contributed by atoms with Crippen LogP contribution in [0.25, 0.3) is 0 Å². The molecule has 0 saturated heterocycles. The SMILES string of the molecule is CCCCCCCCc1c(N2c3ccccc3Oc3cccc(CCCCCCC)c32)ccc2c1Nc1ccccc1O2. The first-order valence-corrected chi connectivity index (χ1v) is 16.7. The zero-order valence-corrected chi connectivity index (χ0v) is 26.0. The molecule has 6 rings (SSSR count). The molecular weight excluding hydrogens is 528 g/mol. The first kappa shape index (κ1) is 29.2. The number of nitrogens with zero attached hydrogens (tertiary/aromatic N) is 1. The van der Waals surface area contributed by atoms with Crippen LogP contribution in [0.2, 0.25) is 0 Å². The summed E-state index contributed by atoms with van der Waals surface area (Å²) in [4.78, 5) is 2.48. The minimum atomic E-state index is 0.876. The summed E-state index contributed by atoms with van der Waals surface area (Å²) in [5.74, 6) is 3.60. The molecule has 4 aromatic rings. The lowest BCUT2D eigenvalue weighted by atomic mass is 9.96. The molecule has 1 N–H and O–H groups in total. The molecule has 0 bridgehead atoms. The molecular formula is C39H46N2O2. The molecule has 4 aromatic carbocycles. The lowest BCUT2D eigenvalue weighted by molar-refractivity contribution is 0.475. The average Bonchev–Trinajstić information content (AvgIpc) is 3.04. The van der Waals surface area contributed by atoms with Gasteiger partial charge in [-0.15, -0.1) is 0 Å². The van der Waals surface area contributed by atoms with Crippen molar-refractivity contribution in [3.05, 3.63) is 90.0 Å². The molecule has 0 fully saturated rings. The van der Waals surface area contributed by atoms with Gasteiger partial charge in [0.2, 0.25) is 0 Å². The highest BCUT2D eigenvalue weighted by Gasteiger charge is 2.31. The van der Waals surface area contributed by atoms with Crippen molar-refractivity contribution in [3.8, 4) is 23.0 Å². The molecule has 0 aliphatic carbocycles. The van der Waals surface area contributed by atoms with Gasteiger partial charge < -0.3 is 19.7 Å². The highest BCUT2D eigenvalue weighted by atomic mass is 16.5. The zero-order valence-electron chi connectivity index (χ0n) is 26.0. The van der Waals surface area contributed by atoms with E-state index in [-0.39, 0.29) is 0 Å². The number of ether oxygens (including phenoxy) is 2. The Hall–Kier alpha value is -3.92. The Morgan fingerprint density at radius 3 is 2.00 bits per heavy atom. The third kappa shape index (κ3) is 6.39. The van der Waals surface area contributed by atoms with E-state index >= 15 is 0 Å². The molecule has 0 saturated carbocycles. The van der Waals surface area contributed by atoms with Crippen molar-refractivity contribution in [3.63, 3.8) is 0 Å². The van der Waals surface area contributed by atoms with Gasteiger partial charge in [-0.2, -0.15) is 0 Å². The van der Waals surface area contributed by atoms with Gasteiger partial charge in [0, 0.05) is 5.56 Å².